The van der Waals surface area contributed by atoms with Crippen molar-refractivity contribution in [3.8, 4) is 0 Å². The van der Waals surface area contributed by atoms with Crippen molar-refractivity contribution >= 4 is 11.2 Å². The van der Waals surface area contributed by atoms with E-state index in [-0.39, 0.29) is 21.2 Å². The summed E-state index contributed by atoms with van der Waals surface area (Å²) in [6.45, 7) is 0. The van der Waals surface area contributed by atoms with Crippen molar-refractivity contribution in [3.05, 3.63) is 16.4 Å². The molecule has 0 radical (unpaired) electrons. The molecule has 0 saturated heterocycles. The van der Waals surface area contributed by atoms with Gasteiger partial charge in [-0.2, -0.15) is 0 Å². The monoisotopic (exact) mass is 261 g/mol. The summed E-state index contributed by atoms with van der Waals surface area (Å²) in [4.78, 5) is 17.4. The molecule has 1 N–H and O–H groups in total. The molecule has 0 aliphatic heterocycles. The normalized spacial score (nSPS) is 11.0. The van der Waals surface area contributed by atoms with E-state index in [1.165, 1.54) is 0 Å². The number of aromatic nitrogens is 4. The molecule has 2 aromatic heterocycles. The molecule has 2 rings (SSSR count). The van der Waals surface area contributed by atoms with Crippen LogP contribution in [0.25, 0.3) is 11.2 Å². The zero-order valence-corrected chi connectivity index (χ0v) is 8.03. The number of H-pyrrole nitrogens is 1. The number of nitrogens with zero attached hydrogens (tertiary/aromatic N) is 3. The van der Waals surface area contributed by atoms with Crippen LogP contribution in [0.1, 0.15) is 0 Å². The number of imidazole rings is 1. The van der Waals surface area contributed by atoms with Gasteiger partial charge in [0.2, 0.25) is 0 Å². The number of rotatable bonds is 1. The summed E-state index contributed by atoms with van der Waals surface area (Å²) in [5.41, 5.74) is 1.78. The van der Waals surface area contributed by atoms with Crippen LogP contribution in [-0.4, -0.2) is 24.9 Å². The van der Waals surface area contributed by atoms with Gasteiger partial charge in [-0.25, -0.2) is 0 Å². The molecule has 0 spiro atoms. The SMILES string of the molecule is C[I-]c1ncnc2nc[nH]c12. The Balaban J connectivity index is 2.79. The van der Waals surface area contributed by atoms with Crippen LogP contribution in [0.15, 0.2) is 12.7 Å². The molecule has 11 heavy (non-hydrogen) atoms. The predicted octanol–water partition coefficient (Wildman–Crippen LogP) is -2.76. The fraction of sp³-hybridized carbons (Fsp3) is 0.167. The van der Waals surface area contributed by atoms with Crippen molar-refractivity contribution in [3.63, 3.8) is 0 Å². The number of aromatic amines is 1. The summed E-state index contributed by atoms with van der Waals surface area (Å²) in [6, 6.07) is 0. The van der Waals surface area contributed by atoms with E-state index in [2.05, 4.69) is 24.9 Å². The average molecular weight is 261 g/mol. The van der Waals surface area contributed by atoms with Gasteiger partial charge in [-0.05, 0) is 0 Å². The molecule has 58 valence electrons. The van der Waals surface area contributed by atoms with E-state index in [1.807, 2.05) is 0 Å². The predicted molar refractivity (Wildman–Crippen MR) is 36.3 cm³/mol. The van der Waals surface area contributed by atoms with E-state index in [9.17, 15) is 0 Å². The third-order valence-corrected chi connectivity index (χ3v) is 3.20. The summed E-state index contributed by atoms with van der Waals surface area (Å²) in [7, 11) is 0. The van der Waals surface area contributed by atoms with Crippen molar-refractivity contribution < 1.29 is 21.2 Å². The first kappa shape index (κ1) is 6.96. The Hall–Kier alpha value is -0.720. The first-order valence-electron chi connectivity index (χ1n) is 3.05. The van der Waals surface area contributed by atoms with Gasteiger partial charge in [0.25, 0.3) is 0 Å². The van der Waals surface area contributed by atoms with E-state index >= 15 is 0 Å². The van der Waals surface area contributed by atoms with E-state index in [1.54, 1.807) is 12.7 Å². The Morgan fingerprint density at radius 1 is 1.36 bits per heavy atom. The first-order chi connectivity index (χ1) is 5.42. The van der Waals surface area contributed by atoms with Gasteiger partial charge in [0.1, 0.15) is 0 Å². The fourth-order valence-electron chi connectivity index (χ4n) is 0.879. The molecule has 4 nitrogen and oxygen atoms in total. The van der Waals surface area contributed by atoms with Crippen molar-refractivity contribution in [2.45, 2.75) is 0 Å². The van der Waals surface area contributed by atoms with Crippen LogP contribution in [0.2, 0.25) is 0 Å². The van der Waals surface area contributed by atoms with E-state index in [0.29, 0.717) is 0 Å². The van der Waals surface area contributed by atoms with Crippen LogP contribution < -0.4 is 21.2 Å². The van der Waals surface area contributed by atoms with Gasteiger partial charge < -0.3 is 0 Å². The van der Waals surface area contributed by atoms with E-state index < -0.39 is 0 Å². The molecular weight excluding hydrogens is 255 g/mol. The number of alkyl halides is 1. The average Bonchev–Trinajstić information content (AvgIpc) is 2.50. The van der Waals surface area contributed by atoms with Crippen LogP contribution in [0, 0.1) is 3.70 Å². The fourth-order valence-corrected chi connectivity index (χ4v) is 2.22. The summed E-state index contributed by atoms with van der Waals surface area (Å²) in [5, 5.41) is 0. The maximum atomic E-state index is 4.16. The summed E-state index contributed by atoms with van der Waals surface area (Å²) >= 11 is 0.0109. The molecule has 0 bridgehead atoms. The third-order valence-electron chi connectivity index (χ3n) is 1.36. The molecular formula is C6H6IN4-. The van der Waals surface area contributed by atoms with Crippen LogP contribution in [0.3, 0.4) is 0 Å². The van der Waals surface area contributed by atoms with E-state index in [0.717, 1.165) is 14.9 Å². The number of hydrogen-bond acceptors (Lipinski definition) is 3. The summed E-state index contributed by atoms with van der Waals surface area (Å²) < 4.78 is 1.13. The van der Waals surface area contributed by atoms with Gasteiger partial charge in [0.05, 0.1) is 0 Å². The second kappa shape index (κ2) is 2.72. The molecule has 0 saturated carbocycles. The number of hydrogen-bond donors (Lipinski definition) is 1. The Morgan fingerprint density at radius 3 is 3.09 bits per heavy atom. The maximum absolute atomic E-state index is 4.16. The van der Waals surface area contributed by atoms with Gasteiger partial charge in [-0.15, -0.1) is 0 Å². The Bertz CT molecular complexity index is 369. The number of fused-ring (bicyclic) bond motifs is 1. The van der Waals surface area contributed by atoms with E-state index in [4.69, 9.17) is 0 Å². The van der Waals surface area contributed by atoms with Crippen molar-refractivity contribution in [1.82, 2.24) is 19.9 Å². The number of halogens is 1. The molecule has 0 atom stereocenters. The third kappa shape index (κ3) is 1.09. The van der Waals surface area contributed by atoms with Gasteiger partial charge in [-0.3, -0.25) is 0 Å². The molecule has 0 aliphatic carbocycles. The zero-order chi connectivity index (χ0) is 7.68. The van der Waals surface area contributed by atoms with Crippen LogP contribution in [-0.2, 0) is 0 Å². The van der Waals surface area contributed by atoms with Crippen LogP contribution in [0.5, 0.6) is 0 Å². The van der Waals surface area contributed by atoms with Gasteiger partial charge in [0.15, 0.2) is 0 Å². The molecule has 2 aromatic rings. The van der Waals surface area contributed by atoms with Crippen molar-refractivity contribution in [2.75, 3.05) is 4.93 Å². The van der Waals surface area contributed by atoms with Crippen molar-refractivity contribution in [2.24, 2.45) is 0 Å². The zero-order valence-electron chi connectivity index (χ0n) is 5.87. The van der Waals surface area contributed by atoms with Crippen molar-refractivity contribution in [1.29, 1.82) is 0 Å². The molecule has 0 amide bonds. The summed E-state index contributed by atoms with van der Waals surface area (Å²) in [5.74, 6) is 0. The minimum atomic E-state index is 0.0109. The molecule has 5 heteroatoms. The Labute approximate surface area is 73.7 Å². The number of nitrogens with one attached hydrogen (secondary N) is 1. The summed E-state index contributed by atoms with van der Waals surface area (Å²) in [6.07, 6.45) is 3.23. The second-order valence-corrected chi connectivity index (χ2v) is 4.06. The molecule has 0 unspecified atom stereocenters. The van der Waals surface area contributed by atoms with Gasteiger partial charge in [-0.1, -0.05) is 0 Å². The second-order valence-electron chi connectivity index (χ2n) is 1.95. The Kier molecular flexibility index (Phi) is 1.72. The van der Waals surface area contributed by atoms with Crippen LogP contribution >= 0.6 is 0 Å². The first-order valence-corrected chi connectivity index (χ1v) is 6.29. The standard InChI is InChI=1S/C6H6IN4/c1-7-5-4-6(10-2-8-4)11-3-9-5/h2-3H,1H3,(H,8,9,10,11)/q-1. The quantitative estimate of drug-likeness (QED) is 0.344. The molecule has 0 fully saturated rings. The topological polar surface area (TPSA) is 54.5 Å². The molecule has 0 aliphatic rings. The minimum absolute atomic E-state index is 0.0109. The molecule has 2 heterocycles. The van der Waals surface area contributed by atoms with Crippen LogP contribution in [0.4, 0.5) is 0 Å². The van der Waals surface area contributed by atoms with Gasteiger partial charge in [0, 0.05) is 0 Å². The molecule has 0 aromatic carbocycles. The Morgan fingerprint density at radius 2 is 2.27 bits per heavy atom. The van der Waals surface area contributed by atoms with Gasteiger partial charge >= 0.3 is 73.6 Å².